The van der Waals surface area contributed by atoms with Crippen LogP contribution in [0.25, 0.3) is 0 Å². The van der Waals surface area contributed by atoms with Gasteiger partial charge in [-0.1, -0.05) is 0 Å². The molecule has 0 aromatic carbocycles. The molecule has 0 aromatic rings. The monoisotopic (exact) mass is 200 g/mol. The van der Waals surface area contributed by atoms with E-state index in [-0.39, 0.29) is 4.84 Å². The van der Waals surface area contributed by atoms with Crippen LogP contribution in [0.4, 0.5) is 17.6 Å². The highest BCUT2D eigenvalue weighted by atomic mass is 35.5. The number of rotatable bonds is 0. The lowest BCUT2D eigenvalue weighted by atomic mass is 10.8. The maximum absolute atomic E-state index is 10.4. The molecule has 0 saturated carbocycles. The number of hydrogen-bond acceptors (Lipinski definition) is 0. The van der Waals surface area contributed by atoms with E-state index >= 15 is 0 Å². The van der Waals surface area contributed by atoms with Crippen LogP contribution >= 0.6 is 23.2 Å². The van der Waals surface area contributed by atoms with E-state index < -0.39 is 12.9 Å². The quantitative estimate of drug-likeness (QED) is 0.416. The number of alkyl halides is 6. The zero-order valence-corrected chi connectivity index (χ0v) is 6.56. The van der Waals surface area contributed by atoms with Crippen LogP contribution in [0.3, 0.4) is 0 Å². The molecule has 0 spiro atoms. The first-order valence-electron chi connectivity index (χ1n) is 2.20. The SMILES string of the molecule is CC(Cl)Cl.FCC(F)(F)F. The second-order valence-corrected chi connectivity index (χ2v) is 2.80. The van der Waals surface area contributed by atoms with Crippen LogP contribution < -0.4 is 0 Å². The topological polar surface area (TPSA) is 0 Å². The Hall–Kier alpha value is 0.300. The van der Waals surface area contributed by atoms with Gasteiger partial charge in [-0.15, -0.1) is 23.2 Å². The lowest BCUT2D eigenvalue weighted by Gasteiger charge is -1.93. The summed E-state index contributed by atoms with van der Waals surface area (Å²) < 4.78 is 41.6. The van der Waals surface area contributed by atoms with E-state index in [0.717, 1.165) is 0 Å². The van der Waals surface area contributed by atoms with E-state index in [4.69, 9.17) is 23.2 Å². The van der Waals surface area contributed by atoms with E-state index in [1.165, 1.54) is 0 Å². The number of halogens is 6. The average molecular weight is 201 g/mol. The summed E-state index contributed by atoms with van der Waals surface area (Å²) in [4.78, 5) is -0.222. The van der Waals surface area contributed by atoms with Crippen molar-refractivity contribution in [2.24, 2.45) is 0 Å². The first-order chi connectivity index (χ1) is 4.29. The molecule has 0 aliphatic rings. The van der Waals surface area contributed by atoms with Crippen molar-refractivity contribution in [2.45, 2.75) is 17.9 Å². The van der Waals surface area contributed by atoms with Crippen molar-refractivity contribution in [2.75, 3.05) is 6.67 Å². The van der Waals surface area contributed by atoms with Gasteiger partial charge in [-0.3, -0.25) is 0 Å². The fraction of sp³-hybridized carbons (Fsp3) is 1.00. The van der Waals surface area contributed by atoms with Gasteiger partial charge in [0.15, 0.2) is 6.67 Å². The van der Waals surface area contributed by atoms with Crippen molar-refractivity contribution in [1.82, 2.24) is 0 Å². The molecule has 0 N–H and O–H groups in total. The molecule has 0 amide bonds. The fourth-order valence-electron chi connectivity index (χ4n) is 0. The van der Waals surface area contributed by atoms with Crippen molar-refractivity contribution in [1.29, 1.82) is 0 Å². The molecule has 0 atom stereocenters. The summed E-state index contributed by atoms with van der Waals surface area (Å²) in [6.07, 6.45) is -4.62. The third-order valence-corrected chi connectivity index (χ3v) is 0.152. The Morgan fingerprint density at radius 1 is 1.30 bits per heavy atom. The van der Waals surface area contributed by atoms with Gasteiger partial charge in [0.1, 0.15) is 4.84 Å². The molecule has 0 radical (unpaired) electrons. The Morgan fingerprint density at radius 3 is 1.40 bits per heavy atom. The van der Waals surface area contributed by atoms with Crippen LogP contribution in [0.15, 0.2) is 0 Å². The Bertz CT molecular complexity index is 67.4. The molecule has 10 heavy (non-hydrogen) atoms. The first-order valence-corrected chi connectivity index (χ1v) is 3.07. The highest BCUT2D eigenvalue weighted by Crippen LogP contribution is 2.13. The van der Waals surface area contributed by atoms with Gasteiger partial charge < -0.3 is 0 Å². The van der Waals surface area contributed by atoms with Gasteiger partial charge in [-0.25, -0.2) is 4.39 Å². The smallest absolute Gasteiger partial charge is 0.241 e. The molecular formula is C4H6Cl2F4. The van der Waals surface area contributed by atoms with Crippen molar-refractivity contribution in [3.63, 3.8) is 0 Å². The van der Waals surface area contributed by atoms with Gasteiger partial charge in [-0.2, -0.15) is 13.2 Å². The van der Waals surface area contributed by atoms with Crippen LogP contribution in [0, 0.1) is 0 Å². The third-order valence-electron chi connectivity index (χ3n) is 0.152. The van der Waals surface area contributed by atoms with Crippen LogP contribution in [0.5, 0.6) is 0 Å². The maximum atomic E-state index is 10.4. The van der Waals surface area contributed by atoms with Crippen LogP contribution in [0.1, 0.15) is 6.92 Å². The molecule has 0 heterocycles. The molecule has 0 aliphatic carbocycles. The molecular weight excluding hydrogens is 195 g/mol. The number of hydrogen-bond donors (Lipinski definition) is 0. The van der Waals surface area contributed by atoms with Gasteiger partial charge in [0, 0.05) is 0 Å². The van der Waals surface area contributed by atoms with E-state index in [9.17, 15) is 17.6 Å². The summed E-state index contributed by atoms with van der Waals surface area (Å²) in [7, 11) is 0. The first kappa shape index (κ1) is 12.9. The summed E-state index contributed by atoms with van der Waals surface area (Å²) in [5.74, 6) is 0. The summed E-state index contributed by atoms with van der Waals surface area (Å²) in [5.41, 5.74) is 0. The molecule has 0 aliphatic heterocycles. The molecule has 0 nitrogen and oxygen atoms in total. The Kier molecular flexibility index (Phi) is 7.81. The van der Waals surface area contributed by atoms with Crippen molar-refractivity contribution >= 4 is 23.2 Å². The van der Waals surface area contributed by atoms with Crippen molar-refractivity contribution in [3.8, 4) is 0 Å². The van der Waals surface area contributed by atoms with E-state index in [1.807, 2.05) is 0 Å². The molecule has 0 rings (SSSR count). The van der Waals surface area contributed by atoms with Crippen LogP contribution in [0.2, 0.25) is 0 Å². The minimum atomic E-state index is -4.62. The zero-order valence-electron chi connectivity index (χ0n) is 5.05. The third kappa shape index (κ3) is 40.6. The molecule has 0 fully saturated rings. The van der Waals surface area contributed by atoms with Crippen LogP contribution in [-0.2, 0) is 0 Å². The predicted octanol–water partition coefficient (Wildman–Crippen LogP) is 3.33. The summed E-state index contributed by atoms with van der Waals surface area (Å²) in [5, 5.41) is 0. The zero-order chi connectivity index (χ0) is 8.78. The second kappa shape index (κ2) is 6.04. The highest BCUT2D eigenvalue weighted by Gasteiger charge is 2.26. The van der Waals surface area contributed by atoms with E-state index in [1.54, 1.807) is 6.92 Å². The van der Waals surface area contributed by atoms with Gasteiger partial charge >= 0.3 is 6.18 Å². The van der Waals surface area contributed by atoms with Crippen molar-refractivity contribution in [3.05, 3.63) is 0 Å². The molecule has 6 heteroatoms. The lowest BCUT2D eigenvalue weighted by molar-refractivity contribution is -0.142. The van der Waals surface area contributed by atoms with E-state index in [0.29, 0.717) is 0 Å². The average Bonchev–Trinajstić information content (AvgIpc) is 1.63. The van der Waals surface area contributed by atoms with Gasteiger partial charge in [-0.05, 0) is 6.92 Å². The Labute approximate surface area is 66.1 Å². The highest BCUT2D eigenvalue weighted by molar-refractivity contribution is 6.43. The molecule has 64 valence electrons. The summed E-state index contributed by atoms with van der Waals surface area (Å²) in [6.45, 7) is -0.532. The Morgan fingerprint density at radius 2 is 1.40 bits per heavy atom. The van der Waals surface area contributed by atoms with E-state index in [2.05, 4.69) is 0 Å². The minimum Gasteiger partial charge on any atom is -0.241 e. The Balaban J connectivity index is 0. The molecule has 0 unspecified atom stereocenters. The molecule has 0 aromatic heterocycles. The standard InChI is InChI=1S/C2H4Cl2.C2H2F4/c1-2(3)4;3-1-2(4,5)6/h2H,1H3;1H2. The minimum absolute atomic E-state index is 0.222. The van der Waals surface area contributed by atoms with Crippen LogP contribution in [-0.4, -0.2) is 17.7 Å². The molecule has 0 saturated heterocycles. The predicted molar refractivity (Wildman–Crippen MR) is 33.2 cm³/mol. The van der Waals surface area contributed by atoms with Gasteiger partial charge in [0.05, 0.1) is 0 Å². The lowest BCUT2D eigenvalue weighted by Crippen LogP contribution is -2.08. The normalized spacial score (nSPS) is 10.8. The summed E-state index contributed by atoms with van der Waals surface area (Å²) >= 11 is 10.1. The summed E-state index contributed by atoms with van der Waals surface area (Å²) in [6, 6.07) is 0. The van der Waals surface area contributed by atoms with Crippen molar-refractivity contribution < 1.29 is 17.6 Å². The second-order valence-electron chi connectivity index (χ2n) is 1.27. The van der Waals surface area contributed by atoms with Gasteiger partial charge in [0.25, 0.3) is 0 Å². The maximum Gasteiger partial charge on any atom is 0.416 e. The van der Waals surface area contributed by atoms with Gasteiger partial charge in [0.2, 0.25) is 0 Å². The largest absolute Gasteiger partial charge is 0.416 e. The molecule has 0 bridgehead atoms. The fourth-order valence-corrected chi connectivity index (χ4v) is 0.